The molecule has 2 aromatic rings. The Labute approximate surface area is 182 Å². The van der Waals surface area contributed by atoms with Gasteiger partial charge >= 0.3 is 6.03 Å². The number of nitrogens with one attached hydrogen (secondary N) is 3. The summed E-state index contributed by atoms with van der Waals surface area (Å²) >= 11 is 6.33. The molecule has 2 aliphatic rings. The number of aromatic amines is 1. The molecule has 166 valence electrons. The summed E-state index contributed by atoms with van der Waals surface area (Å²) in [6.07, 6.45) is 1.58. The van der Waals surface area contributed by atoms with Crippen LogP contribution in [0.3, 0.4) is 0 Å². The van der Waals surface area contributed by atoms with Crippen LogP contribution in [-0.2, 0) is 14.8 Å². The first kappa shape index (κ1) is 21.7. The van der Waals surface area contributed by atoms with Crippen LogP contribution in [0.4, 0.5) is 9.18 Å². The fourth-order valence-electron chi connectivity index (χ4n) is 3.93. The number of imide groups is 1. The van der Waals surface area contributed by atoms with Crippen molar-refractivity contribution in [2.24, 2.45) is 5.92 Å². The highest BCUT2D eigenvalue weighted by molar-refractivity contribution is 7.89. The monoisotopic (exact) mass is 470 g/mol. The van der Waals surface area contributed by atoms with Gasteiger partial charge in [0, 0.05) is 19.0 Å². The molecule has 4 rings (SSSR count). The van der Waals surface area contributed by atoms with Crippen LogP contribution in [0, 0.1) is 11.7 Å². The topological polar surface area (TPSA) is 137 Å². The van der Waals surface area contributed by atoms with E-state index >= 15 is 0 Å². The third-order valence-corrected chi connectivity index (χ3v) is 7.68. The lowest BCUT2D eigenvalue weighted by Crippen LogP contribution is -2.47. The van der Waals surface area contributed by atoms with Gasteiger partial charge in [0.15, 0.2) is 11.0 Å². The first-order valence-electron chi connectivity index (χ1n) is 9.60. The zero-order valence-corrected chi connectivity index (χ0v) is 18.0. The van der Waals surface area contributed by atoms with Gasteiger partial charge in [-0.1, -0.05) is 18.5 Å². The predicted molar refractivity (Wildman–Crippen MR) is 109 cm³/mol. The summed E-state index contributed by atoms with van der Waals surface area (Å²) in [6, 6.07) is 0.971. The van der Waals surface area contributed by atoms with Crippen LogP contribution in [-0.4, -0.2) is 64.5 Å². The Morgan fingerprint density at radius 1 is 1.32 bits per heavy atom. The fourth-order valence-corrected chi connectivity index (χ4v) is 5.91. The van der Waals surface area contributed by atoms with E-state index in [2.05, 4.69) is 20.3 Å². The summed E-state index contributed by atoms with van der Waals surface area (Å²) in [5.41, 5.74) is 1.12. The molecule has 3 amide bonds. The molecule has 0 spiro atoms. The number of imidazole rings is 1. The van der Waals surface area contributed by atoms with Gasteiger partial charge in [-0.2, -0.15) is 0 Å². The van der Waals surface area contributed by atoms with E-state index < -0.39 is 39.6 Å². The maximum atomic E-state index is 13.1. The molecule has 0 aromatic carbocycles. The van der Waals surface area contributed by atoms with E-state index in [9.17, 15) is 22.4 Å². The molecule has 0 radical (unpaired) electrons. The Morgan fingerprint density at radius 3 is 2.71 bits per heavy atom. The third-order valence-electron chi connectivity index (χ3n) is 5.52. The first-order valence-corrected chi connectivity index (χ1v) is 11.6. The van der Waals surface area contributed by atoms with Crippen molar-refractivity contribution in [3.8, 4) is 11.5 Å². The van der Waals surface area contributed by atoms with Gasteiger partial charge in [0.25, 0.3) is 5.91 Å². The summed E-state index contributed by atoms with van der Waals surface area (Å²) < 4.78 is 40.0. The smallest absolute Gasteiger partial charge is 0.322 e. The largest absolute Gasteiger partial charge is 0.339 e. The molecule has 2 saturated heterocycles. The Bertz CT molecular complexity index is 1120. The molecule has 0 saturated carbocycles. The van der Waals surface area contributed by atoms with Gasteiger partial charge in [-0.15, -0.1) is 0 Å². The lowest BCUT2D eigenvalue weighted by Gasteiger charge is -2.36. The van der Waals surface area contributed by atoms with E-state index in [-0.39, 0.29) is 30.1 Å². The zero-order chi connectivity index (χ0) is 22.3. The summed E-state index contributed by atoms with van der Waals surface area (Å²) in [5.74, 6) is -1.36. The number of H-pyrrole nitrogens is 1. The van der Waals surface area contributed by atoms with Crippen molar-refractivity contribution in [1.82, 2.24) is 29.9 Å². The van der Waals surface area contributed by atoms with Crippen LogP contribution in [0.1, 0.15) is 25.0 Å². The molecular weight excluding hydrogens is 451 g/mol. The molecule has 2 aliphatic heterocycles. The minimum absolute atomic E-state index is 0.0740. The molecule has 31 heavy (non-hydrogen) atoms. The number of hydrogen-bond donors (Lipinski definition) is 3. The molecule has 0 aliphatic carbocycles. The quantitative estimate of drug-likeness (QED) is 0.562. The van der Waals surface area contributed by atoms with E-state index in [4.69, 9.17) is 11.6 Å². The average Bonchev–Trinajstić information content (AvgIpc) is 3.23. The minimum Gasteiger partial charge on any atom is -0.339 e. The number of piperidine rings is 1. The number of nitrogens with zero attached hydrogens (tertiary/aromatic N) is 3. The number of carbonyl (C=O) groups excluding carboxylic acids is 2. The fraction of sp³-hybridized carbons (Fsp3) is 0.444. The zero-order valence-electron chi connectivity index (χ0n) is 16.4. The number of aromatic nitrogens is 3. The summed E-state index contributed by atoms with van der Waals surface area (Å²) in [5, 5.41) is 4.60. The predicted octanol–water partition coefficient (Wildman–Crippen LogP) is 1.23. The Morgan fingerprint density at radius 2 is 2.10 bits per heavy atom. The lowest BCUT2D eigenvalue weighted by molar-refractivity contribution is -0.119. The van der Waals surface area contributed by atoms with Crippen LogP contribution in [0.5, 0.6) is 0 Å². The van der Waals surface area contributed by atoms with Gasteiger partial charge in [-0.3, -0.25) is 10.1 Å². The molecule has 2 aromatic heterocycles. The number of urea groups is 1. The SMILES string of the molecule is C[C@H]1CN(S(=O)(=O)C[C@@H]2NC(=O)NC2=O)CC[C@H]1c1[nH]c(-c2ccc(F)cn2)nc1Cl. The van der Waals surface area contributed by atoms with Gasteiger partial charge < -0.3 is 10.3 Å². The minimum atomic E-state index is -3.76. The number of sulfonamides is 1. The molecule has 3 atom stereocenters. The first-order chi connectivity index (χ1) is 14.6. The number of pyridine rings is 1. The van der Waals surface area contributed by atoms with Crippen molar-refractivity contribution in [3.63, 3.8) is 0 Å². The van der Waals surface area contributed by atoms with E-state index in [1.807, 2.05) is 12.2 Å². The average molecular weight is 471 g/mol. The third kappa shape index (κ3) is 4.41. The van der Waals surface area contributed by atoms with Crippen LogP contribution < -0.4 is 10.6 Å². The van der Waals surface area contributed by atoms with Gasteiger partial charge in [-0.25, -0.2) is 31.9 Å². The van der Waals surface area contributed by atoms with Crippen molar-refractivity contribution in [2.45, 2.75) is 25.3 Å². The molecule has 4 heterocycles. The Hall–Kier alpha value is -2.57. The normalized spacial score (nSPS) is 24.8. The second-order valence-corrected chi connectivity index (χ2v) is 10.0. The maximum absolute atomic E-state index is 13.1. The molecule has 3 N–H and O–H groups in total. The van der Waals surface area contributed by atoms with Crippen molar-refractivity contribution in [3.05, 3.63) is 35.0 Å². The molecule has 0 bridgehead atoms. The molecular formula is C18H20ClFN6O4S. The number of hydrogen-bond acceptors (Lipinski definition) is 6. The van der Waals surface area contributed by atoms with E-state index in [1.54, 1.807) is 0 Å². The summed E-state index contributed by atoms with van der Waals surface area (Å²) in [4.78, 5) is 34.3. The number of rotatable bonds is 5. The number of carbonyl (C=O) groups is 2. The maximum Gasteiger partial charge on any atom is 0.322 e. The van der Waals surface area contributed by atoms with Crippen LogP contribution in [0.25, 0.3) is 11.5 Å². The van der Waals surface area contributed by atoms with Crippen molar-refractivity contribution < 1.29 is 22.4 Å². The Balaban J connectivity index is 1.46. The highest BCUT2D eigenvalue weighted by atomic mass is 35.5. The van der Waals surface area contributed by atoms with E-state index in [1.165, 1.54) is 16.4 Å². The number of halogens is 2. The second-order valence-electron chi connectivity index (χ2n) is 7.68. The summed E-state index contributed by atoms with van der Waals surface area (Å²) in [7, 11) is -3.76. The van der Waals surface area contributed by atoms with Crippen LogP contribution in [0.15, 0.2) is 18.3 Å². The number of amides is 3. The molecule has 0 unspecified atom stereocenters. The summed E-state index contributed by atoms with van der Waals surface area (Å²) in [6.45, 7) is 2.37. The molecule has 2 fully saturated rings. The van der Waals surface area contributed by atoms with E-state index in [0.717, 1.165) is 6.20 Å². The van der Waals surface area contributed by atoms with Gasteiger partial charge in [0.1, 0.15) is 17.6 Å². The Kier molecular flexibility index (Phi) is 5.71. The highest BCUT2D eigenvalue weighted by Crippen LogP contribution is 2.37. The van der Waals surface area contributed by atoms with Gasteiger partial charge in [-0.05, 0) is 24.5 Å². The van der Waals surface area contributed by atoms with Crippen LogP contribution in [0.2, 0.25) is 5.15 Å². The van der Waals surface area contributed by atoms with Crippen molar-refractivity contribution in [2.75, 3.05) is 18.8 Å². The standard InChI is InChI=1S/C18H20ClFN6O4S/c1-9-7-26(31(29,30)8-13-17(27)25-18(28)22-13)5-4-11(9)14-15(19)24-16(23-14)12-3-2-10(20)6-21-12/h2-3,6,9,11,13H,4-5,7-8H2,1H3,(H,23,24)(H2,22,25,27,28)/t9-,11+,13-/m0/s1. The lowest BCUT2D eigenvalue weighted by atomic mass is 9.86. The van der Waals surface area contributed by atoms with Gasteiger partial charge in [0.2, 0.25) is 10.0 Å². The van der Waals surface area contributed by atoms with E-state index in [0.29, 0.717) is 23.6 Å². The molecule has 13 heteroatoms. The van der Waals surface area contributed by atoms with Gasteiger partial charge in [0.05, 0.1) is 17.6 Å². The van der Waals surface area contributed by atoms with Crippen molar-refractivity contribution >= 4 is 33.6 Å². The second kappa shape index (κ2) is 8.17. The molecule has 10 nitrogen and oxygen atoms in total. The highest BCUT2D eigenvalue weighted by Gasteiger charge is 2.39. The van der Waals surface area contributed by atoms with Crippen molar-refractivity contribution in [1.29, 1.82) is 0 Å². The van der Waals surface area contributed by atoms with Crippen LogP contribution >= 0.6 is 11.6 Å².